The Hall–Kier alpha value is -1.98. The predicted molar refractivity (Wildman–Crippen MR) is 77.0 cm³/mol. The Morgan fingerprint density at radius 3 is 2.95 bits per heavy atom. The number of carbonyl (C=O) groups excluding carboxylic acids is 1. The van der Waals surface area contributed by atoms with E-state index in [-0.39, 0.29) is 12.1 Å². The van der Waals surface area contributed by atoms with Crippen LogP contribution in [0, 0.1) is 0 Å². The summed E-state index contributed by atoms with van der Waals surface area (Å²) < 4.78 is 0. The van der Waals surface area contributed by atoms with Crippen LogP contribution in [0.5, 0.6) is 0 Å². The zero-order valence-corrected chi connectivity index (χ0v) is 11.7. The lowest BCUT2D eigenvalue weighted by Crippen LogP contribution is -2.45. The second-order valence-electron chi connectivity index (χ2n) is 4.80. The van der Waals surface area contributed by atoms with E-state index in [1.54, 1.807) is 18.9 Å². The van der Waals surface area contributed by atoms with Crippen molar-refractivity contribution in [2.24, 2.45) is 0 Å². The average molecular weight is 263 g/mol. The molecule has 1 saturated heterocycles. The lowest BCUT2D eigenvalue weighted by molar-refractivity contribution is -0.129. The number of nitrogens with one attached hydrogen (secondary N) is 1. The zero-order valence-electron chi connectivity index (χ0n) is 11.7. The highest BCUT2D eigenvalue weighted by Crippen LogP contribution is 2.28. The first-order valence-electron chi connectivity index (χ1n) is 6.49. The minimum absolute atomic E-state index is 0.0705. The molecule has 1 aliphatic heterocycles. The predicted octanol–water partition coefficient (Wildman–Crippen LogP) is 1.11. The van der Waals surface area contributed by atoms with Gasteiger partial charge in [-0.05, 0) is 25.0 Å². The summed E-state index contributed by atoms with van der Waals surface area (Å²) in [5.74, 6) is 1.60. The highest BCUT2D eigenvalue weighted by atomic mass is 16.2. The van der Waals surface area contributed by atoms with Gasteiger partial charge in [0.25, 0.3) is 0 Å². The van der Waals surface area contributed by atoms with Gasteiger partial charge in [-0.25, -0.2) is 4.98 Å². The summed E-state index contributed by atoms with van der Waals surface area (Å²) in [5, 5.41) is 2.98. The summed E-state index contributed by atoms with van der Waals surface area (Å²) in [6, 6.07) is 3.75. The van der Waals surface area contributed by atoms with Crippen LogP contribution in [0.4, 0.5) is 17.3 Å². The van der Waals surface area contributed by atoms with Gasteiger partial charge in [-0.3, -0.25) is 4.79 Å². The van der Waals surface area contributed by atoms with E-state index in [1.165, 1.54) is 0 Å². The van der Waals surface area contributed by atoms with E-state index in [4.69, 9.17) is 5.73 Å². The van der Waals surface area contributed by atoms with Gasteiger partial charge < -0.3 is 20.9 Å². The van der Waals surface area contributed by atoms with E-state index in [9.17, 15) is 4.79 Å². The van der Waals surface area contributed by atoms with Crippen LogP contribution in [0.15, 0.2) is 12.1 Å². The van der Waals surface area contributed by atoms with Crippen LogP contribution in [0.2, 0.25) is 0 Å². The summed E-state index contributed by atoms with van der Waals surface area (Å²) in [4.78, 5) is 20.0. The molecule has 1 aromatic heterocycles. The largest absolute Gasteiger partial charge is 0.396 e. The molecule has 19 heavy (non-hydrogen) atoms. The number of aromatic nitrogens is 1. The maximum Gasteiger partial charge on any atom is 0.220 e. The number of carbonyl (C=O) groups is 1. The van der Waals surface area contributed by atoms with E-state index in [1.807, 2.05) is 19.2 Å². The molecule has 1 fully saturated rings. The van der Waals surface area contributed by atoms with E-state index in [2.05, 4.69) is 15.2 Å². The lowest BCUT2D eigenvalue weighted by atomic mass is 10.3. The Labute approximate surface area is 113 Å². The molecule has 2 heterocycles. The Kier molecular flexibility index (Phi) is 3.78. The van der Waals surface area contributed by atoms with E-state index in [0.717, 1.165) is 25.2 Å². The third kappa shape index (κ3) is 2.57. The number of hydrogen-bond donors (Lipinski definition) is 2. The van der Waals surface area contributed by atoms with Gasteiger partial charge in [0.2, 0.25) is 5.91 Å². The molecular weight excluding hydrogens is 242 g/mol. The normalized spacial score (nSPS) is 18.5. The fourth-order valence-corrected chi connectivity index (χ4v) is 2.45. The fraction of sp³-hybridized carbons (Fsp3) is 0.538. The minimum atomic E-state index is 0.0705. The molecular formula is C13H21N5O. The molecule has 0 aliphatic carbocycles. The summed E-state index contributed by atoms with van der Waals surface area (Å²) in [6.07, 6.45) is 2.11. The molecule has 1 aliphatic rings. The van der Waals surface area contributed by atoms with E-state index < -0.39 is 0 Å². The molecule has 6 nitrogen and oxygen atoms in total. The Morgan fingerprint density at radius 1 is 1.58 bits per heavy atom. The second kappa shape index (κ2) is 5.34. The topological polar surface area (TPSA) is 74.5 Å². The number of pyridine rings is 1. The first-order valence-corrected chi connectivity index (χ1v) is 6.49. The van der Waals surface area contributed by atoms with Crippen LogP contribution in [-0.2, 0) is 4.79 Å². The van der Waals surface area contributed by atoms with Crippen molar-refractivity contribution < 1.29 is 4.79 Å². The van der Waals surface area contributed by atoms with Crippen molar-refractivity contribution in [3.63, 3.8) is 0 Å². The second-order valence-corrected chi connectivity index (χ2v) is 4.80. The Balaban J connectivity index is 2.27. The van der Waals surface area contributed by atoms with Gasteiger partial charge in [0.15, 0.2) is 5.82 Å². The van der Waals surface area contributed by atoms with Crippen molar-refractivity contribution in [1.29, 1.82) is 0 Å². The molecule has 1 atom stereocenters. The van der Waals surface area contributed by atoms with E-state index in [0.29, 0.717) is 11.5 Å². The van der Waals surface area contributed by atoms with Gasteiger partial charge in [0, 0.05) is 27.6 Å². The van der Waals surface area contributed by atoms with Gasteiger partial charge in [-0.2, -0.15) is 0 Å². The molecule has 0 aromatic carbocycles. The van der Waals surface area contributed by atoms with Crippen LogP contribution in [-0.4, -0.2) is 42.6 Å². The van der Waals surface area contributed by atoms with Crippen LogP contribution in [0.3, 0.4) is 0 Å². The fourth-order valence-electron chi connectivity index (χ4n) is 2.45. The molecule has 0 saturated carbocycles. The number of rotatable bonds is 3. The van der Waals surface area contributed by atoms with Crippen LogP contribution in [0.25, 0.3) is 0 Å². The third-order valence-corrected chi connectivity index (χ3v) is 3.61. The van der Waals surface area contributed by atoms with Crippen molar-refractivity contribution in [2.75, 3.05) is 36.6 Å². The first-order chi connectivity index (χ1) is 9.04. The minimum Gasteiger partial charge on any atom is -0.396 e. The van der Waals surface area contributed by atoms with Crippen molar-refractivity contribution >= 4 is 23.2 Å². The molecule has 1 unspecified atom stereocenters. The van der Waals surface area contributed by atoms with Crippen molar-refractivity contribution in [3.8, 4) is 0 Å². The Morgan fingerprint density at radius 2 is 2.32 bits per heavy atom. The molecule has 6 heteroatoms. The monoisotopic (exact) mass is 263 g/mol. The summed E-state index contributed by atoms with van der Waals surface area (Å²) in [6.45, 7) is 2.49. The van der Waals surface area contributed by atoms with Crippen molar-refractivity contribution in [2.45, 2.75) is 25.9 Å². The third-order valence-electron chi connectivity index (χ3n) is 3.61. The van der Waals surface area contributed by atoms with E-state index >= 15 is 0 Å². The summed E-state index contributed by atoms with van der Waals surface area (Å²) >= 11 is 0. The van der Waals surface area contributed by atoms with Gasteiger partial charge >= 0.3 is 0 Å². The summed E-state index contributed by atoms with van der Waals surface area (Å²) in [5.41, 5.74) is 6.46. The maximum atomic E-state index is 11.5. The van der Waals surface area contributed by atoms with Gasteiger partial charge in [0.05, 0.1) is 5.69 Å². The smallest absolute Gasteiger partial charge is 0.220 e. The average Bonchev–Trinajstić information content (AvgIpc) is 2.87. The van der Waals surface area contributed by atoms with Gasteiger partial charge in [0.1, 0.15) is 12.0 Å². The first kappa shape index (κ1) is 13.5. The number of hydrogen-bond acceptors (Lipinski definition) is 5. The van der Waals surface area contributed by atoms with Crippen LogP contribution in [0.1, 0.15) is 19.8 Å². The Bertz CT molecular complexity index is 476. The molecule has 0 spiro atoms. The molecule has 3 N–H and O–H groups in total. The quantitative estimate of drug-likeness (QED) is 0.854. The molecule has 1 aromatic rings. The number of nitrogen functional groups attached to an aromatic ring is 1. The van der Waals surface area contributed by atoms with Gasteiger partial charge in [-0.15, -0.1) is 0 Å². The lowest BCUT2D eigenvalue weighted by Gasteiger charge is -2.32. The maximum absolute atomic E-state index is 11.5. The highest BCUT2D eigenvalue weighted by molar-refractivity contribution is 5.74. The molecule has 104 valence electrons. The number of nitrogens with zero attached hydrogens (tertiary/aromatic N) is 3. The van der Waals surface area contributed by atoms with Gasteiger partial charge in [-0.1, -0.05) is 0 Å². The summed E-state index contributed by atoms with van der Waals surface area (Å²) in [7, 11) is 3.63. The highest BCUT2D eigenvalue weighted by Gasteiger charge is 2.30. The standard InChI is InChI=1S/C13H21N5O/c1-9(19)17(3)12-5-4-8-18(12)11-7-6-10(14)13(15-2)16-11/h6-7,12H,4-5,8,14H2,1-3H3,(H,15,16). The number of nitrogens with two attached hydrogens (primary N) is 1. The van der Waals surface area contributed by atoms with Crippen LogP contribution < -0.4 is 16.0 Å². The molecule has 0 bridgehead atoms. The molecule has 1 amide bonds. The number of anilines is 3. The van der Waals surface area contributed by atoms with Crippen molar-refractivity contribution in [1.82, 2.24) is 9.88 Å². The SMILES string of the molecule is CNc1nc(N2CCCC2N(C)C(C)=O)ccc1N. The molecule has 0 radical (unpaired) electrons. The van der Waals surface area contributed by atoms with Crippen molar-refractivity contribution in [3.05, 3.63) is 12.1 Å². The zero-order chi connectivity index (χ0) is 14.0. The molecule has 2 rings (SSSR count). The number of amides is 1. The van der Waals surface area contributed by atoms with Crippen LogP contribution >= 0.6 is 0 Å².